The normalized spacial score (nSPS) is 16.5. The molecule has 172 valence electrons. The zero-order valence-corrected chi connectivity index (χ0v) is 20.3. The van der Waals surface area contributed by atoms with Crippen molar-refractivity contribution in [3.63, 3.8) is 0 Å². The molecule has 31 heavy (non-hydrogen) atoms. The molecule has 0 bridgehead atoms. The molecule has 0 aromatic heterocycles. The van der Waals surface area contributed by atoms with Gasteiger partial charge in [-0.2, -0.15) is 0 Å². The zero-order chi connectivity index (χ0) is 23.7. The van der Waals surface area contributed by atoms with E-state index in [1.54, 1.807) is 6.08 Å². The lowest BCUT2D eigenvalue weighted by molar-refractivity contribution is -0.131. The number of aliphatic carboxylic acids is 1. The summed E-state index contributed by atoms with van der Waals surface area (Å²) in [6, 6.07) is 0. The van der Waals surface area contributed by atoms with Crippen molar-refractivity contribution < 1.29 is 15.0 Å². The highest BCUT2D eigenvalue weighted by molar-refractivity contribution is 6.29. The van der Waals surface area contributed by atoms with Crippen LogP contribution in [-0.4, -0.2) is 22.3 Å². The lowest BCUT2D eigenvalue weighted by Gasteiger charge is -2.13. The molecule has 2 unspecified atom stereocenters. The Balaban J connectivity index is 4.30. The third-order valence-electron chi connectivity index (χ3n) is 4.35. The van der Waals surface area contributed by atoms with Gasteiger partial charge >= 0.3 is 5.97 Å². The monoisotopic (exact) mass is 446 g/mol. The van der Waals surface area contributed by atoms with E-state index in [0.29, 0.717) is 0 Å². The molecule has 0 heterocycles. The maximum absolute atomic E-state index is 10.4. The number of hydrogen-bond acceptors (Lipinski definition) is 2. The van der Waals surface area contributed by atoms with Crippen LogP contribution in [0.15, 0.2) is 83.5 Å². The predicted molar refractivity (Wildman–Crippen MR) is 134 cm³/mol. The third kappa shape index (κ3) is 19.6. The van der Waals surface area contributed by atoms with Gasteiger partial charge in [0.05, 0.1) is 6.10 Å². The fraction of sp³-hybridized carbons (Fsp3) is 0.444. The maximum atomic E-state index is 10.4. The fourth-order valence-electron chi connectivity index (χ4n) is 2.45. The van der Waals surface area contributed by atoms with E-state index < -0.39 is 5.97 Å². The molecule has 4 heteroatoms. The van der Waals surface area contributed by atoms with E-state index in [0.717, 1.165) is 42.4 Å². The second-order valence-electron chi connectivity index (χ2n) is 8.77. The topological polar surface area (TPSA) is 57.5 Å². The molecule has 0 aromatic carbocycles. The number of aliphatic hydroxyl groups is 1. The first-order chi connectivity index (χ1) is 14.5. The molecular formula is C27H39ClO3. The van der Waals surface area contributed by atoms with Crippen molar-refractivity contribution >= 4 is 17.6 Å². The van der Waals surface area contributed by atoms with Gasteiger partial charge in [0.2, 0.25) is 0 Å². The van der Waals surface area contributed by atoms with Crippen LogP contribution < -0.4 is 0 Å². The summed E-state index contributed by atoms with van der Waals surface area (Å²) < 4.78 is 0. The Morgan fingerprint density at radius 1 is 0.935 bits per heavy atom. The van der Waals surface area contributed by atoms with Gasteiger partial charge in [0.15, 0.2) is 0 Å². The van der Waals surface area contributed by atoms with Crippen LogP contribution in [0.3, 0.4) is 0 Å². The number of carboxylic acid groups (broad SMARTS) is 1. The van der Waals surface area contributed by atoms with Gasteiger partial charge in [-0.15, -0.1) is 0 Å². The number of carbonyl (C=O) groups is 1. The minimum Gasteiger partial charge on any atom is -0.478 e. The summed E-state index contributed by atoms with van der Waals surface area (Å²) >= 11 is 6.37. The third-order valence-corrected chi connectivity index (χ3v) is 4.85. The van der Waals surface area contributed by atoms with E-state index in [2.05, 4.69) is 45.9 Å². The van der Waals surface area contributed by atoms with Crippen LogP contribution in [0, 0.1) is 11.3 Å². The average molecular weight is 447 g/mol. The van der Waals surface area contributed by atoms with Crippen molar-refractivity contribution in [3.8, 4) is 0 Å². The summed E-state index contributed by atoms with van der Waals surface area (Å²) in [6.45, 7) is 10.5. The molecule has 0 aliphatic heterocycles. The largest absolute Gasteiger partial charge is 0.478 e. The van der Waals surface area contributed by atoms with Crippen molar-refractivity contribution in [1.29, 1.82) is 0 Å². The first-order valence-electron chi connectivity index (χ1n) is 10.8. The molecule has 0 rings (SSSR count). The Morgan fingerprint density at radius 3 is 2.23 bits per heavy atom. The van der Waals surface area contributed by atoms with E-state index >= 15 is 0 Å². The smallest absolute Gasteiger partial charge is 0.328 e. The number of aliphatic hydroxyl groups excluding tert-OH is 1. The second kappa shape index (κ2) is 16.6. The van der Waals surface area contributed by atoms with E-state index in [1.165, 1.54) is 6.08 Å². The lowest BCUT2D eigenvalue weighted by Crippen LogP contribution is -2.08. The second-order valence-corrected chi connectivity index (χ2v) is 9.20. The number of rotatable bonds is 13. The van der Waals surface area contributed by atoms with E-state index in [9.17, 15) is 9.90 Å². The SMILES string of the molecule is CC(/C=C/C=C/C(=O)O)=C\C=C\C=C(/Cl)C(C)CCC(O)CC/C=C/C=C/C(C)(C)C. The van der Waals surface area contributed by atoms with Gasteiger partial charge in [-0.3, -0.25) is 0 Å². The van der Waals surface area contributed by atoms with Gasteiger partial charge in [-0.05, 0) is 50.0 Å². The van der Waals surface area contributed by atoms with Crippen molar-refractivity contribution in [2.24, 2.45) is 11.3 Å². The number of carboxylic acids is 1. The van der Waals surface area contributed by atoms with Crippen molar-refractivity contribution in [1.82, 2.24) is 0 Å². The molecule has 0 aromatic rings. The Hall–Kier alpha value is -2.10. The molecule has 0 saturated carbocycles. The molecule has 0 aliphatic carbocycles. The van der Waals surface area contributed by atoms with E-state index in [-0.39, 0.29) is 17.4 Å². The standard InChI is InChI=1S/C27H39ClO3/c1-22(15-10-12-18-26(30)31)14-9-11-17-25(28)23(2)19-20-24(29)16-8-6-7-13-21-27(3,4)5/h6-7,9-15,17-18,21,23-24,29H,8,16,19-20H2,1-5H3,(H,30,31)/b7-6+,11-9+,15-10+,18-12+,21-13+,22-14+,25-17-. The minimum absolute atomic E-state index is 0.190. The lowest BCUT2D eigenvalue weighted by atomic mass is 9.96. The van der Waals surface area contributed by atoms with E-state index in [1.807, 2.05) is 43.4 Å². The summed E-state index contributed by atoms with van der Waals surface area (Å²) in [5.74, 6) is -0.772. The highest BCUT2D eigenvalue weighted by Crippen LogP contribution is 2.22. The molecular weight excluding hydrogens is 408 g/mol. The Morgan fingerprint density at radius 2 is 1.58 bits per heavy atom. The predicted octanol–water partition coefficient (Wildman–Crippen LogP) is 7.52. The minimum atomic E-state index is -0.964. The quantitative estimate of drug-likeness (QED) is 0.227. The van der Waals surface area contributed by atoms with Gasteiger partial charge in [0, 0.05) is 11.1 Å². The van der Waals surface area contributed by atoms with Crippen molar-refractivity contribution in [2.75, 3.05) is 0 Å². The van der Waals surface area contributed by atoms with Gasteiger partial charge in [-0.25, -0.2) is 4.79 Å². The molecule has 0 aliphatic rings. The first kappa shape index (κ1) is 28.9. The fourth-order valence-corrected chi connectivity index (χ4v) is 2.63. The molecule has 3 nitrogen and oxygen atoms in total. The first-order valence-corrected chi connectivity index (χ1v) is 11.2. The number of allylic oxidation sites excluding steroid dienone is 13. The van der Waals surface area contributed by atoms with Crippen LogP contribution in [0.4, 0.5) is 0 Å². The molecule has 0 amide bonds. The summed E-state index contributed by atoms with van der Waals surface area (Å²) in [6.07, 6.45) is 24.9. The highest BCUT2D eigenvalue weighted by Gasteiger charge is 2.09. The van der Waals surface area contributed by atoms with Crippen molar-refractivity contribution in [3.05, 3.63) is 83.5 Å². The highest BCUT2D eigenvalue weighted by atomic mass is 35.5. The van der Waals surface area contributed by atoms with Crippen LogP contribution in [0.1, 0.15) is 60.3 Å². The van der Waals surface area contributed by atoms with Crippen LogP contribution in [0.5, 0.6) is 0 Å². The molecule has 0 radical (unpaired) electrons. The van der Waals surface area contributed by atoms with Crippen LogP contribution >= 0.6 is 11.6 Å². The van der Waals surface area contributed by atoms with E-state index in [4.69, 9.17) is 16.7 Å². The Kier molecular flexibility index (Phi) is 15.5. The summed E-state index contributed by atoms with van der Waals surface area (Å²) in [5.41, 5.74) is 1.18. The molecule has 0 saturated heterocycles. The number of hydrogen-bond donors (Lipinski definition) is 2. The van der Waals surface area contributed by atoms with Gasteiger partial charge in [-0.1, -0.05) is 106 Å². The Bertz CT molecular complexity index is 728. The molecule has 2 atom stereocenters. The summed E-state index contributed by atoms with van der Waals surface area (Å²) in [7, 11) is 0. The van der Waals surface area contributed by atoms with Gasteiger partial charge < -0.3 is 10.2 Å². The number of halogens is 1. The zero-order valence-electron chi connectivity index (χ0n) is 19.6. The Labute approximate surface area is 193 Å². The van der Waals surface area contributed by atoms with Crippen LogP contribution in [0.25, 0.3) is 0 Å². The maximum Gasteiger partial charge on any atom is 0.328 e. The summed E-state index contributed by atoms with van der Waals surface area (Å²) in [5, 5.41) is 19.5. The summed E-state index contributed by atoms with van der Waals surface area (Å²) in [4.78, 5) is 10.4. The van der Waals surface area contributed by atoms with Gasteiger partial charge in [0.1, 0.15) is 0 Å². The molecule has 0 fully saturated rings. The molecule has 2 N–H and O–H groups in total. The van der Waals surface area contributed by atoms with Crippen LogP contribution in [0.2, 0.25) is 0 Å². The van der Waals surface area contributed by atoms with Gasteiger partial charge in [0.25, 0.3) is 0 Å². The van der Waals surface area contributed by atoms with Crippen LogP contribution in [-0.2, 0) is 4.79 Å². The van der Waals surface area contributed by atoms with Crippen molar-refractivity contribution in [2.45, 2.75) is 66.4 Å². The molecule has 0 spiro atoms. The average Bonchev–Trinajstić information content (AvgIpc) is 2.68.